The number of aliphatic hydroxyl groups excluding tert-OH is 1. The molecule has 0 heterocycles. The van der Waals surface area contributed by atoms with Crippen molar-refractivity contribution in [1.29, 1.82) is 0 Å². The van der Waals surface area contributed by atoms with Crippen LogP contribution in [0.3, 0.4) is 0 Å². The van der Waals surface area contributed by atoms with Crippen LogP contribution in [0.25, 0.3) is 0 Å². The molecule has 0 aromatic heterocycles. The highest BCUT2D eigenvalue weighted by atomic mass is 16.2. The standard InChI is InChI=1S/C9H14O/c1-3-4-6-9(2)7-5-8-10/h4-8,10H,3H2,1-2H3/b6-4+,8-5-,9-7-. The second kappa shape index (κ2) is 6.14. The van der Waals surface area contributed by atoms with Gasteiger partial charge in [0.2, 0.25) is 0 Å². The van der Waals surface area contributed by atoms with E-state index in [1.165, 1.54) is 0 Å². The fraction of sp³-hybridized carbons (Fsp3) is 0.333. The lowest BCUT2D eigenvalue weighted by Crippen LogP contribution is -1.65. The first kappa shape index (κ1) is 9.02. The van der Waals surface area contributed by atoms with Crippen LogP contribution in [0.2, 0.25) is 0 Å². The van der Waals surface area contributed by atoms with Gasteiger partial charge in [0.25, 0.3) is 0 Å². The molecule has 0 amide bonds. The van der Waals surface area contributed by atoms with E-state index in [2.05, 4.69) is 13.0 Å². The molecule has 0 saturated heterocycles. The Bertz CT molecular complexity index is 152. The molecule has 0 aliphatic heterocycles. The zero-order valence-electron chi connectivity index (χ0n) is 6.54. The second-order valence-corrected chi connectivity index (χ2v) is 2.06. The third kappa shape index (κ3) is 5.16. The molecule has 0 spiro atoms. The van der Waals surface area contributed by atoms with Gasteiger partial charge in [0.05, 0.1) is 6.26 Å². The van der Waals surface area contributed by atoms with Gasteiger partial charge in [0.1, 0.15) is 0 Å². The molecule has 0 aliphatic carbocycles. The molecule has 0 bridgehead atoms. The maximum atomic E-state index is 8.29. The first-order valence-corrected chi connectivity index (χ1v) is 3.45. The highest BCUT2D eigenvalue weighted by Crippen LogP contribution is 1.95. The molecule has 0 fully saturated rings. The van der Waals surface area contributed by atoms with E-state index in [0.29, 0.717) is 0 Å². The summed E-state index contributed by atoms with van der Waals surface area (Å²) >= 11 is 0. The maximum Gasteiger partial charge on any atom is 0.0791 e. The Hall–Kier alpha value is -0.980. The van der Waals surface area contributed by atoms with E-state index in [1.54, 1.807) is 6.08 Å². The Morgan fingerprint density at radius 2 is 2.20 bits per heavy atom. The minimum Gasteiger partial charge on any atom is -0.516 e. The summed E-state index contributed by atoms with van der Waals surface area (Å²) < 4.78 is 0. The molecule has 0 aliphatic rings. The van der Waals surface area contributed by atoms with E-state index in [0.717, 1.165) is 18.3 Å². The lowest BCUT2D eigenvalue weighted by atomic mass is 10.2. The quantitative estimate of drug-likeness (QED) is 0.469. The molecule has 0 aromatic carbocycles. The molecule has 0 radical (unpaired) electrons. The van der Waals surface area contributed by atoms with E-state index >= 15 is 0 Å². The van der Waals surface area contributed by atoms with Crippen LogP contribution in [0.5, 0.6) is 0 Å². The topological polar surface area (TPSA) is 20.2 Å². The summed E-state index contributed by atoms with van der Waals surface area (Å²) in [6, 6.07) is 0. The largest absolute Gasteiger partial charge is 0.516 e. The van der Waals surface area contributed by atoms with Gasteiger partial charge in [0, 0.05) is 0 Å². The third-order valence-electron chi connectivity index (χ3n) is 1.06. The summed E-state index contributed by atoms with van der Waals surface area (Å²) in [5, 5.41) is 8.29. The van der Waals surface area contributed by atoms with Gasteiger partial charge in [-0.05, 0) is 19.4 Å². The first-order valence-electron chi connectivity index (χ1n) is 3.45. The normalized spacial score (nSPS) is 13.6. The van der Waals surface area contributed by atoms with Crippen LogP contribution in [-0.2, 0) is 0 Å². The SMILES string of the molecule is CC/C=C/C(C)=C\C=C/O. The van der Waals surface area contributed by atoms with Gasteiger partial charge >= 0.3 is 0 Å². The molecule has 0 unspecified atom stereocenters. The van der Waals surface area contributed by atoms with Crippen LogP contribution < -0.4 is 0 Å². The molecule has 56 valence electrons. The van der Waals surface area contributed by atoms with E-state index in [-0.39, 0.29) is 0 Å². The minimum absolute atomic E-state index is 1.03. The van der Waals surface area contributed by atoms with Crippen LogP contribution >= 0.6 is 0 Å². The first-order chi connectivity index (χ1) is 4.81. The van der Waals surface area contributed by atoms with Crippen LogP contribution in [0, 0.1) is 0 Å². The zero-order chi connectivity index (χ0) is 7.82. The Labute approximate surface area is 62.4 Å². The summed E-state index contributed by atoms with van der Waals surface area (Å²) in [5.41, 5.74) is 1.15. The van der Waals surface area contributed by atoms with E-state index in [1.807, 2.05) is 19.1 Å². The lowest BCUT2D eigenvalue weighted by Gasteiger charge is -1.85. The van der Waals surface area contributed by atoms with Crippen molar-refractivity contribution in [3.05, 3.63) is 36.1 Å². The smallest absolute Gasteiger partial charge is 0.0791 e. The van der Waals surface area contributed by atoms with E-state index < -0.39 is 0 Å². The number of hydrogen-bond donors (Lipinski definition) is 1. The molecule has 0 saturated carbocycles. The summed E-state index contributed by atoms with van der Waals surface area (Å²) in [6.07, 6.45) is 9.65. The third-order valence-corrected chi connectivity index (χ3v) is 1.06. The van der Waals surface area contributed by atoms with Crippen LogP contribution in [0.15, 0.2) is 36.1 Å². The Morgan fingerprint density at radius 1 is 1.50 bits per heavy atom. The van der Waals surface area contributed by atoms with Crippen molar-refractivity contribution in [1.82, 2.24) is 0 Å². The van der Waals surface area contributed by atoms with Crippen LogP contribution in [0.4, 0.5) is 0 Å². The average Bonchev–Trinajstić information content (AvgIpc) is 1.97. The lowest BCUT2D eigenvalue weighted by molar-refractivity contribution is 0.473. The number of allylic oxidation sites excluding steroid dienone is 5. The Morgan fingerprint density at radius 3 is 2.70 bits per heavy atom. The maximum absolute atomic E-state index is 8.29. The Kier molecular flexibility index (Phi) is 5.54. The molecular weight excluding hydrogens is 124 g/mol. The number of rotatable bonds is 3. The zero-order valence-corrected chi connectivity index (χ0v) is 6.54. The van der Waals surface area contributed by atoms with Crippen molar-refractivity contribution < 1.29 is 5.11 Å². The van der Waals surface area contributed by atoms with Gasteiger partial charge in [-0.2, -0.15) is 0 Å². The predicted molar refractivity (Wildman–Crippen MR) is 45.0 cm³/mol. The minimum atomic E-state index is 1.03. The molecule has 1 heteroatoms. The molecule has 1 nitrogen and oxygen atoms in total. The van der Waals surface area contributed by atoms with Crippen molar-refractivity contribution in [2.45, 2.75) is 20.3 Å². The number of hydrogen-bond acceptors (Lipinski definition) is 1. The highest BCUT2D eigenvalue weighted by Gasteiger charge is 1.75. The number of aliphatic hydroxyl groups is 1. The van der Waals surface area contributed by atoms with Gasteiger partial charge in [-0.25, -0.2) is 0 Å². The molecule has 10 heavy (non-hydrogen) atoms. The van der Waals surface area contributed by atoms with Gasteiger partial charge in [0.15, 0.2) is 0 Å². The van der Waals surface area contributed by atoms with Crippen molar-refractivity contribution in [2.75, 3.05) is 0 Å². The summed E-state index contributed by atoms with van der Waals surface area (Å²) in [6.45, 7) is 4.08. The van der Waals surface area contributed by atoms with Crippen molar-refractivity contribution >= 4 is 0 Å². The monoisotopic (exact) mass is 138 g/mol. The summed E-state index contributed by atoms with van der Waals surface area (Å²) in [5.74, 6) is 0. The fourth-order valence-electron chi connectivity index (χ4n) is 0.554. The Balaban J connectivity index is 3.81. The fourth-order valence-corrected chi connectivity index (χ4v) is 0.554. The van der Waals surface area contributed by atoms with Gasteiger partial charge in [-0.1, -0.05) is 30.7 Å². The van der Waals surface area contributed by atoms with E-state index in [9.17, 15) is 0 Å². The molecule has 1 N–H and O–H groups in total. The summed E-state index contributed by atoms with van der Waals surface area (Å²) in [4.78, 5) is 0. The van der Waals surface area contributed by atoms with Gasteiger partial charge < -0.3 is 5.11 Å². The molecule has 0 atom stereocenters. The van der Waals surface area contributed by atoms with E-state index in [4.69, 9.17) is 5.11 Å². The van der Waals surface area contributed by atoms with Crippen LogP contribution in [0.1, 0.15) is 20.3 Å². The molecule has 0 aromatic rings. The summed E-state index contributed by atoms with van der Waals surface area (Å²) in [7, 11) is 0. The predicted octanol–water partition coefficient (Wildman–Crippen LogP) is 2.97. The second-order valence-electron chi connectivity index (χ2n) is 2.06. The van der Waals surface area contributed by atoms with Gasteiger partial charge in [-0.15, -0.1) is 0 Å². The van der Waals surface area contributed by atoms with Crippen molar-refractivity contribution in [3.8, 4) is 0 Å². The highest BCUT2D eigenvalue weighted by molar-refractivity contribution is 5.20. The van der Waals surface area contributed by atoms with Crippen LogP contribution in [-0.4, -0.2) is 5.11 Å². The molecule has 0 rings (SSSR count). The van der Waals surface area contributed by atoms with Crippen molar-refractivity contribution in [2.24, 2.45) is 0 Å². The molecular formula is C9H14O. The average molecular weight is 138 g/mol. The van der Waals surface area contributed by atoms with Crippen molar-refractivity contribution in [3.63, 3.8) is 0 Å². The van der Waals surface area contributed by atoms with Gasteiger partial charge in [-0.3, -0.25) is 0 Å².